The molecule has 5 heteroatoms. The lowest BCUT2D eigenvalue weighted by atomic mass is 10.0. The molecule has 154 valence electrons. The molecular weight excluding hydrogens is 396 g/mol. The van der Waals surface area contributed by atoms with Crippen LogP contribution in [0.5, 0.6) is 0 Å². The van der Waals surface area contributed by atoms with Gasteiger partial charge in [0.2, 0.25) is 0 Å². The largest absolute Gasteiger partial charge is 0.299 e. The Bertz CT molecular complexity index is 964. The van der Waals surface area contributed by atoms with Crippen LogP contribution in [0.3, 0.4) is 0 Å². The summed E-state index contributed by atoms with van der Waals surface area (Å²) in [6.07, 6.45) is 2.60. The highest BCUT2D eigenvalue weighted by Gasteiger charge is 2.11. The molecular formula is C25H25ClN2O2. The van der Waals surface area contributed by atoms with Gasteiger partial charge in [-0.3, -0.25) is 14.5 Å². The Labute approximate surface area is 182 Å². The summed E-state index contributed by atoms with van der Waals surface area (Å²) in [7, 11) is 0. The van der Waals surface area contributed by atoms with Gasteiger partial charge in [-0.2, -0.15) is 0 Å². The van der Waals surface area contributed by atoms with Gasteiger partial charge >= 0.3 is 0 Å². The van der Waals surface area contributed by atoms with E-state index in [0.717, 1.165) is 23.2 Å². The quantitative estimate of drug-likeness (QED) is 0.515. The number of carbonyl (C=O) groups is 1. The van der Waals surface area contributed by atoms with Crippen molar-refractivity contribution >= 4 is 17.5 Å². The van der Waals surface area contributed by atoms with Gasteiger partial charge < -0.3 is 0 Å². The number of carbonyl (C=O) groups excluding carboxylic acids is 1. The first-order valence-corrected chi connectivity index (χ1v) is 10.6. The fourth-order valence-electron chi connectivity index (χ4n) is 3.64. The van der Waals surface area contributed by atoms with E-state index in [1.807, 2.05) is 36.4 Å². The minimum absolute atomic E-state index is 0.261. The molecule has 0 bridgehead atoms. The van der Waals surface area contributed by atoms with Crippen LogP contribution in [0.25, 0.3) is 11.1 Å². The van der Waals surface area contributed by atoms with E-state index in [2.05, 4.69) is 34.6 Å². The number of hydroxylamine groups is 1. The van der Waals surface area contributed by atoms with Crippen molar-refractivity contribution in [3.05, 3.63) is 94.5 Å². The third-order valence-corrected chi connectivity index (χ3v) is 5.61. The molecule has 1 aliphatic rings. The van der Waals surface area contributed by atoms with Crippen LogP contribution in [0.1, 0.15) is 34.3 Å². The maximum atomic E-state index is 12.3. The molecule has 0 aliphatic carbocycles. The summed E-state index contributed by atoms with van der Waals surface area (Å²) in [6, 6.07) is 23.4. The summed E-state index contributed by atoms with van der Waals surface area (Å²) in [5.41, 5.74) is 7.49. The van der Waals surface area contributed by atoms with Gasteiger partial charge in [-0.05, 0) is 72.5 Å². The van der Waals surface area contributed by atoms with Crippen molar-refractivity contribution in [1.29, 1.82) is 0 Å². The van der Waals surface area contributed by atoms with Crippen LogP contribution >= 0.6 is 11.6 Å². The minimum Gasteiger partial charge on any atom is -0.299 e. The second kappa shape index (κ2) is 9.90. The number of rotatable bonds is 7. The zero-order valence-electron chi connectivity index (χ0n) is 16.8. The van der Waals surface area contributed by atoms with E-state index < -0.39 is 0 Å². The molecule has 0 unspecified atom stereocenters. The minimum atomic E-state index is -0.261. The number of amides is 1. The predicted molar refractivity (Wildman–Crippen MR) is 120 cm³/mol. The average Bonchev–Trinajstić information content (AvgIpc) is 3.29. The first-order chi connectivity index (χ1) is 14.7. The molecule has 0 radical (unpaired) electrons. The number of halogens is 1. The number of hydrogen-bond acceptors (Lipinski definition) is 3. The zero-order chi connectivity index (χ0) is 20.8. The molecule has 0 atom stereocenters. The van der Waals surface area contributed by atoms with Gasteiger partial charge in [-0.25, -0.2) is 5.48 Å². The highest BCUT2D eigenvalue weighted by atomic mass is 35.5. The molecule has 1 aliphatic heterocycles. The molecule has 0 saturated carbocycles. The Morgan fingerprint density at radius 1 is 0.833 bits per heavy atom. The Morgan fingerprint density at radius 3 is 2.03 bits per heavy atom. The Balaban J connectivity index is 1.25. The molecule has 1 N–H and O–H groups in total. The lowest BCUT2D eigenvalue weighted by Crippen LogP contribution is -2.23. The molecule has 30 heavy (non-hydrogen) atoms. The van der Waals surface area contributed by atoms with Crippen LogP contribution in [-0.4, -0.2) is 23.9 Å². The third kappa shape index (κ3) is 5.48. The molecule has 1 amide bonds. The number of nitrogens with one attached hydrogen (secondary N) is 1. The van der Waals surface area contributed by atoms with Gasteiger partial charge in [0.1, 0.15) is 0 Å². The van der Waals surface area contributed by atoms with Gasteiger partial charge in [0.25, 0.3) is 5.91 Å². The van der Waals surface area contributed by atoms with Crippen molar-refractivity contribution in [3.63, 3.8) is 0 Å². The lowest BCUT2D eigenvalue weighted by Gasteiger charge is -2.14. The van der Waals surface area contributed by atoms with E-state index >= 15 is 0 Å². The SMILES string of the molecule is O=C(NOCc1ccc(CN2CCCC2)cc1)c1ccc(-c2ccc(Cl)cc2)cc1. The lowest BCUT2D eigenvalue weighted by molar-refractivity contribution is 0.0233. The molecule has 1 fully saturated rings. The summed E-state index contributed by atoms with van der Waals surface area (Å²) in [5.74, 6) is -0.261. The zero-order valence-corrected chi connectivity index (χ0v) is 17.6. The van der Waals surface area contributed by atoms with E-state index in [-0.39, 0.29) is 5.91 Å². The number of benzene rings is 3. The summed E-state index contributed by atoms with van der Waals surface area (Å²) in [6.45, 7) is 3.72. The van der Waals surface area contributed by atoms with Gasteiger partial charge in [0.05, 0.1) is 6.61 Å². The molecule has 4 nitrogen and oxygen atoms in total. The molecule has 0 spiro atoms. The molecule has 4 rings (SSSR count). The van der Waals surface area contributed by atoms with E-state index in [9.17, 15) is 4.79 Å². The number of likely N-dealkylation sites (tertiary alicyclic amines) is 1. The molecule has 0 aromatic heterocycles. The van der Waals surface area contributed by atoms with E-state index in [1.54, 1.807) is 12.1 Å². The predicted octanol–water partition coefficient (Wildman–Crippen LogP) is 5.46. The Hall–Kier alpha value is -2.66. The fourth-order valence-corrected chi connectivity index (χ4v) is 3.77. The summed E-state index contributed by atoms with van der Waals surface area (Å²) < 4.78 is 0. The Kier molecular flexibility index (Phi) is 6.80. The van der Waals surface area contributed by atoms with Gasteiger partial charge in [0.15, 0.2) is 0 Å². The normalized spacial score (nSPS) is 14.0. The van der Waals surface area contributed by atoms with Crippen molar-refractivity contribution in [2.75, 3.05) is 13.1 Å². The Morgan fingerprint density at radius 2 is 1.40 bits per heavy atom. The van der Waals surface area contributed by atoms with Gasteiger partial charge in [0, 0.05) is 17.1 Å². The first-order valence-electron chi connectivity index (χ1n) is 10.3. The van der Waals surface area contributed by atoms with Crippen molar-refractivity contribution < 1.29 is 9.63 Å². The van der Waals surface area contributed by atoms with Crippen molar-refractivity contribution in [2.24, 2.45) is 0 Å². The van der Waals surface area contributed by atoms with Crippen molar-refractivity contribution in [3.8, 4) is 11.1 Å². The highest BCUT2D eigenvalue weighted by molar-refractivity contribution is 6.30. The van der Waals surface area contributed by atoms with Crippen LogP contribution < -0.4 is 5.48 Å². The van der Waals surface area contributed by atoms with Crippen LogP contribution in [0.2, 0.25) is 5.02 Å². The topological polar surface area (TPSA) is 41.6 Å². The van der Waals surface area contributed by atoms with E-state index in [1.165, 1.54) is 31.5 Å². The first kappa shape index (κ1) is 20.6. The second-order valence-electron chi connectivity index (χ2n) is 7.60. The third-order valence-electron chi connectivity index (χ3n) is 5.36. The maximum Gasteiger partial charge on any atom is 0.274 e. The van der Waals surface area contributed by atoms with Crippen LogP contribution in [0.4, 0.5) is 0 Å². The molecule has 1 saturated heterocycles. The molecule has 3 aromatic carbocycles. The average molecular weight is 421 g/mol. The van der Waals surface area contributed by atoms with E-state index in [0.29, 0.717) is 17.2 Å². The van der Waals surface area contributed by atoms with Crippen molar-refractivity contribution in [2.45, 2.75) is 26.0 Å². The molecule has 3 aromatic rings. The standard InChI is InChI=1S/C25H25ClN2O2/c26-24-13-11-22(12-14-24)21-7-9-23(10-8-21)25(29)27-30-18-20-5-3-19(4-6-20)17-28-15-1-2-16-28/h3-14H,1-2,15-18H2,(H,27,29). The maximum absolute atomic E-state index is 12.3. The van der Waals surface area contributed by atoms with Crippen LogP contribution in [-0.2, 0) is 18.0 Å². The molecule has 1 heterocycles. The summed E-state index contributed by atoms with van der Waals surface area (Å²) in [4.78, 5) is 20.2. The van der Waals surface area contributed by atoms with Crippen LogP contribution in [0.15, 0.2) is 72.8 Å². The van der Waals surface area contributed by atoms with Gasteiger partial charge in [-0.15, -0.1) is 0 Å². The van der Waals surface area contributed by atoms with Gasteiger partial charge in [-0.1, -0.05) is 60.1 Å². The smallest absolute Gasteiger partial charge is 0.274 e. The highest BCUT2D eigenvalue weighted by Crippen LogP contribution is 2.22. The fraction of sp³-hybridized carbons (Fsp3) is 0.240. The number of hydrogen-bond donors (Lipinski definition) is 1. The monoisotopic (exact) mass is 420 g/mol. The number of nitrogens with zero attached hydrogens (tertiary/aromatic N) is 1. The summed E-state index contributed by atoms with van der Waals surface area (Å²) in [5, 5.41) is 0.702. The second-order valence-corrected chi connectivity index (χ2v) is 8.04. The van der Waals surface area contributed by atoms with E-state index in [4.69, 9.17) is 16.4 Å². The summed E-state index contributed by atoms with van der Waals surface area (Å²) >= 11 is 5.93. The van der Waals surface area contributed by atoms with Crippen LogP contribution in [0, 0.1) is 0 Å². The van der Waals surface area contributed by atoms with Crippen molar-refractivity contribution in [1.82, 2.24) is 10.4 Å².